The van der Waals surface area contributed by atoms with Gasteiger partial charge in [-0.05, 0) is 42.7 Å². The molecule has 1 heterocycles. The van der Waals surface area contributed by atoms with Crippen LogP contribution < -0.4 is 10.6 Å². The van der Waals surface area contributed by atoms with Gasteiger partial charge in [-0.3, -0.25) is 9.59 Å². The minimum atomic E-state index is -0.660. The molecule has 23 heavy (non-hydrogen) atoms. The van der Waals surface area contributed by atoms with Crippen molar-refractivity contribution in [3.8, 4) is 0 Å². The molecule has 0 fully saturated rings. The second kappa shape index (κ2) is 7.46. The van der Waals surface area contributed by atoms with Gasteiger partial charge >= 0.3 is 0 Å². The first-order valence-corrected chi connectivity index (χ1v) is 8.09. The average molecular weight is 379 g/mol. The number of aryl methyl sites for hydroxylation is 1. The standard InChI is InChI=1S/C17H19BrN2O3/c1-10(2)15(20-16(21)14-5-4-8-23-14)17(22)19-12-7-6-11(3)13(18)9-12/h4-10,15H,1-3H3,(H,19,22)(H,20,21). The van der Waals surface area contributed by atoms with Gasteiger partial charge in [-0.2, -0.15) is 0 Å². The predicted octanol–water partition coefficient (Wildman–Crippen LogP) is 3.74. The molecule has 0 saturated heterocycles. The van der Waals surface area contributed by atoms with Gasteiger partial charge in [-0.25, -0.2) is 0 Å². The molecule has 2 N–H and O–H groups in total. The van der Waals surface area contributed by atoms with Gasteiger partial charge in [0.25, 0.3) is 5.91 Å². The fraction of sp³-hybridized carbons (Fsp3) is 0.294. The first-order chi connectivity index (χ1) is 10.9. The van der Waals surface area contributed by atoms with Gasteiger partial charge in [-0.15, -0.1) is 0 Å². The normalized spacial score (nSPS) is 12.0. The molecule has 0 radical (unpaired) electrons. The second-order valence-corrected chi connectivity index (χ2v) is 6.48. The molecule has 122 valence electrons. The van der Waals surface area contributed by atoms with E-state index >= 15 is 0 Å². The Morgan fingerprint density at radius 1 is 1.22 bits per heavy atom. The molecule has 2 amide bonds. The summed E-state index contributed by atoms with van der Waals surface area (Å²) < 4.78 is 5.97. The molecule has 0 aliphatic heterocycles. The number of benzene rings is 1. The monoisotopic (exact) mass is 378 g/mol. The van der Waals surface area contributed by atoms with Crippen LogP contribution in [0.5, 0.6) is 0 Å². The van der Waals surface area contributed by atoms with Crippen LogP contribution in [-0.2, 0) is 4.79 Å². The third kappa shape index (κ3) is 4.45. The van der Waals surface area contributed by atoms with E-state index in [1.54, 1.807) is 12.1 Å². The average Bonchev–Trinajstić information content (AvgIpc) is 3.02. The molecule has 1 aromatic heterocycles. The number of carbonyl (C=O) groups excluding carboxylic acids is 2. The summed E-state index contributed by atoms with van der Waals surface area (Å²) in [7, 11) is 0. The van der Waals surface area contributed by atoms with E-state index in [0.717, 1.165) is 10.0 Å². The number of amides is 2. The zero-order valence-electron chi connectivity index (χ0n) is 13.2. The van der Waals surface area contributed by atoms with Crippen molar-refractivity contribution < 1.29 is 14.0 Å². The lowest BCUT2D eigenvalue weighted by atomic mass is 10.0. The summed E-state index contributed by atoms with van der Waals surface area (Å²) >= 11 is 3.43. The SMILES string of the molecule is Cc1ccc(NC(=O)C(NC(=O)c2ccco2)C(C)C)cc1Br. The first kappa shape index (κ1) is 17.3. The predicted molar refractivity (Wildman–Crippen MR) is 92.3 cm³/mol. The maximum atomic E-state index is 12.5. The van der Waals surface area contributed by atoms with E-state index < -0.39 is 11.9 Å². The highest BCUT2D eigenvalue weighted by atomic mass is 79.9. The van der Waals surface area contributed by atoms with Gasteiger partial charge < -0.3 is 15.1 Å². The van der Waals surface area contributed by atoms with E-state index in [9.17, 15) is 9.59 Å². The van der Waals surface area contributed by atoms with Crippen LogP contribution in [0.4, 0.5) is 5.69 Å². The van der Waals surface area contributed by atoms with Crippen molar-refractivity contribution in [3.63, 3.8) is 0 Å². The van der Waals surface area contributed by atoms with Crippen LogP contribution in [0.2, 0.25) is 0 Å². The Bertz CT molecular complexity index is 696. The molecule has 0 aliphatic carbocycles. The molecule has 1 aromatic carbocycles. The molecule has 1 atom stereocenters. The number of carbonyl (C=O) groups is 2. The highest BCUT2D eigenvalue weighted by Gasteiger charge is 2.25. The smallest absolute Gasteiger partial charge is 0.287 e. The van der Waals surface area contributed by atoms with Crippen molar-refractivity contribution in [2.45, 2.75) is 26.8 Å². The number of anilines is 1. The Kier molecular flexibility index (Phi) is 5.60. The molecule has 6 heteroatoms. The van der Waals surface area contributed by atoms with Gasteiger partial charge in [0.1, 0.15) is 6.04 Å². The van der Waals surface area contributed by atoms with Crippen LogP contribution in [0.1, 0.15) is 30.0 Å². The summed E-state index contributed by atoms with van der Waals surface area (Å²) in [6.45, 7) is 5.71. The number of furan rings is 1. The minimum Gasteiger partial charge on any atom is -0.459 e. The quantitative estimate of drug-likeness (QED) is 0.831. The summed E-state index contributed by atoms with van der Waals surface area (Å²) in [4.78, 5) is 24.6. The van der Waals surface area contributed by atoms with Crippen molar-refractivity contribution in [2.24, 2.45) is 5.92 Å². The second-order valence-electron chi connectivity index (χ2n) is 5.63. The number of hydrogen-bond donors (Lipinski definition) is 2. The number of hydrogen-bond acceptors (Lipinski definition) is 3. The molecular formula is C17H19BrN2O3. The maximum Gasteiger partial charge on any atom is 0.287 e. The fourth-order valence-electron chi connectivity index (χ4n) is 2.05. The van der Waals surface area contributed by atoms with E-state index in [0.29, 0.717) is 5.69 Å². The Morgan fingerprint density at radius 3 is 2.52 bits per heavy atom. The van der Waals surface area contributed by atoms with E-state index in [2.05, 4.69) is 26.6 Å². The van der Waals surface area contributed by atoms with Crippen LogP contribution in [0, 0.1) is 12.8 Å². The van der Waals surface area contributed by atoms with Gasteiger partial charge in [-0.1, -0.05) is 35.8 Å². The molecule has 2 aromatic rings. The third-order valence-electron chi connectivity index (χ3n) is 3.42. The van der Waals surface area contributed by atoms with Gasteiger partial charge in [0.15, 0.2) is 5.76 Å². The summed E-state index contributed by atoms with van der Waals surface area (Å²) in [6.07, 6.45) is 1.42. The van der Waals surface area contributed by atoms with E-state index in [1.165, 1.54) is 6.26 Å². The number of rotatable bonds is 5. The molecule has 0 spiro atoms. The minimum absolute atomic E-state index is 0.0669. The van der Waals surface area contributed by atoms with Crippen molar-refractivity contribution >= 4 is 33.4 Å². The summed E-state index contributed by atoms with van der Waals surface area (Å²) in [5.74, 6) is -0.561. The zero-order valence-corrected chi connectivity index (χ0v) is 14.8. The highest BCUT2D eigenvalue weighted by Crippen LogP contribution is 2.21. The lowest BCUT2D eigenvalue weighted by Gasteiger charge is -2.21. The Labute approximate surface area is 143 Å². The van der Waals surface area contributed by atoms with E-state index in [4.69, 9.17) is 4.42 Å². The Balaban J connectivity index is 2.09. The molecular weight excluding hydrogens is 360 g/mol. The highest BCUT2D eigenvalue weighted by molar-refractivity contribution is 9.10. The van der Waals surface area contributed by atoms with Crippen LogP contribution >= 0.6 is 15.9 Å². The van der Waals surface area contributed by atoms with Crippen molar-refractivity contribution in [3.05, 3.63) is 52.4 Å². The molecule has 0 bridgehead atoms. The first-order valence-electron chi connectivity index (χ1n) is 7.30. The molecule has 0 saturated carbocycles. The largest absolute Gasteiger partial charge is 0.459 e. The van der Waals surface area contributed by atoms with E-state index in [-0.39, 0.29) is 17.6 Å². The van der Waals surface area contributed by atoms with Crippen molar-refractivity contribution in [2.75, 3.05) is 5.32 Å². The van der Waals surface area contributed by atoms with Crippen LogP contribution in [0.15, 0.2) is 45.5 Å². The summed E-state index contributed by atoms with van der Waals surface area (Å²) in [6, 6.07) is 8.09. The van der Waals surface area contributed by atoms with Gasteiger partial charge in [0.05, 0.1) is 6.26 Å². The summed E-state index contributed by atoms with van der Waals surface area (Å²) in [5.41, 5.74) is 1.75. The zero-order chi connectivity index (χ0) is 17.0. The van der Waals surface area contributed by atoms with E-state index in [1.807, 2.05) is 39.0 Å². The Hall–Kier alpha value is -2.08. The van der Waals surface area contributed by atoms with Crippen molar-refractivity contribution in [1.29, 1.82) is 0 Å². The van der Waals surface area contributed by atoms with Crippen LogP contribution in [0.3, 0.4) is 0 Å². The molecule has 2 rings (SSSR count). The lowest BCUT2D eigenvalue weighted by Crippen LogP contribution is -2.47. The summed E-state index contributed by atoms with van der Waals surface area (Å²) in [5, 5.41) is 5.54. The number of halogens is 1. The molecule has 5 nitrogen and oxygen atoms in total. The van der Waals surface area contributed by atoms with Gasteiger partial charge in [0.2, 0.25) is 5.91 Å². The Morgan fingerprint density at radius 2 is 1.96 bits per heavy atom. The lowest BCUT2D eigenvalue weighted by molar-refractivity contribution is -0.118. The molecule has 0 aliphatic rings. The number of nitrogens with one attached hydrogen (secondary N) is 2. The third-order valence-corrected chi connectivity index (χ3v) is 4.27. The fourth-order valence-corrected chi connectivity index (χ4v) is 2.42. The molecule has 1 unspecified atom stereocenters. The van der Waals surface area contributed by atoms with Crippen LogP contribution in [-0.4, -0.2) is 17.9 Å². The van der Waals surface area contributed by atoms with Crippen molar-refractivity contribution in [1.82, 2.24) is 5.32 Å². The topological polar surface area (TPSA) is 71.3 Å². The maximum absolute atomic E-state index is 12.5. The van der Waals surface area contributed by atoms with Crippen LogP contribution in [0.25, 0.3) is 0 Å². The van der Waals surface area contributed by atoms with Gasteiger partial charge in [0, 0.05) is 10.2 Å².